The average molecular weight is 385 g/mol. The van der Waals surface area contributed by atoms with Crippen LogP contribution in [0.3, 0.4) is 0 Å². The van der Waals surface area contributed by atoms with Crippen molar-refractivity contribution in [2.24, 2.45) is 0 Å². The van der Waals surface area contributed by atoms with Gasteiger partial charge in [0, 0.05) is 22.3 Å². The van der Waals surface area contributed by atoms with Crippen LogP contribution in [-0.4, -0.2) is 20.8 Å². The summed E-state index contributed by atoms with van der Waals surface area (Å²) in [5.74, 6) is 0. The van der Waals surface area contributed by atoms with Crippen molar-refractivity contribution in [2.45, 2.75) is 77.7 Å². The van der Waals surface area contributed by atoms with Crippen molar-refractivity contribution in [3.05, 3.63) is 71.8 Å². The van der Waals surface area contributed by atoms with Gasteiger partial charge in [0.2, 0.25) is 0 Å². The maximum absolute atomic E-state index is 6.90. The lowest BCUT2D eigenvalue weighted by Gasteiger charge is -2.53. The van der Waals surface area contributed by atoms with Crippen LogP contribution in [0.2, 0.25) is 0 Å². The van der Waals surface area contributed by atoms with E-state index in [9.17, 15) is 0 Å². The molecule has 2 rings (SSSR count). The molecule has 2 aromatic rings. The predicted octanol–water partition coefficient (Wildman–Crippen LogP) is 6.31. The van der Waals surface area contributed by atoms with Crippen LogP contribution in [0.15, 0.2) is 60.7 Å². The summed E-state index contributed by atoms with van der Waals surface area (Å²) in [5, 5.41) is -0.496. The second kappa shape index (κ2) is 8.30. The molecule has 0 saturated heterocycles. The van der Waals surface area contributed by atoms with Gasteiger partial charge in [0.05, 0.1) is 0 Å². The van der Waals surface area contributed by atoms with E-state index in [0.717, 1.165) is 0 Å². The molecule has 2 aromatic carbocycles. The first-order valence-corrected chi connectivity index (χ1v) is 11.8. The molecule has 0 radical (unpaired) electrons. The van der Waals surface area contributed by atoms with Crippen molar-refractivity contribution in [1.82, 2.24) is 0 Å². The van der Waals surface area contributed by atoms with Gasteiger partial charge in [-0.1, -0.05) is 88.4 Å². The van der Waals surface area contributed by atoms with Crippen LogP contribution in [-0.2, 0) is 18.9 Å². The Morgan fingerprint density at radius 3 is 1.15 bits per heavy atom. The SMILES string of the molecule is CC(C)O[Si](OC(C)C)(C(C)(C)c1ccccc1)C(C)(C)c1ccccc1. The Morgan fingerprint density at radius 1 is 0.593 bits per heavy atom. The van der Waals surface area contributed by atoms with Gasteiger partial charge in [-0.15, -0.1) is 0 Å². The molecule has 0 heterocycles. The maximum Gasteiger partial charge on any atom is 0.359 e. The average Bonchev–Trinajstić information content (AvgIpc) is 2.61. The molecule has 2 nitrogen and oxygen atoms in total. The quantitative estimate of drug-likeness (QED) is 0.496. The third-order valence-electron chi connectivity index (χ3n) is 5.44. The fourth-order valence-electron chi connectivity index (χ4n) is 4.15. The summed E-state index contributed by atoms with van der Waals surface area (Å²) in [4.78, 5) is 0. The van der Waals surface area contributed by atoms with E-state index in [-0.39, 0.29) is 22.3 Å². The van der Waals surface area contributed by atoms with E-state index in [1.807, 2.05) is 0 Å². The van der Waals surface area contributed by atoms with Gasteiger partial charge in [0.25, 0.3) is 0 Å². The topological polar surface area (TPSA) is 18.5 Å². The lowest BCUT2D eigenvalue weighted by Crippen LogP contribution is -2.70. The molecule has 0 aliphatic heterocycles. The Kier molecular flexibility index (Phi) is 6.72. The first-order valence-electron chi connectivity index (χ1n) is 10.0. The fourth-order valence-corrected chi connectivity index (χ4v) is 9.37. The Labute approximate surface area is 167 Å². The minimum absolute atomic E-state index is 0.0846. The Balaban J connectivity index is 2.77. The van der Waals surface area contributed by atoms with E-state index in [2.05, 4.69) is 116 Å². The lowest BCUT2D eigenvalue weighted by molar-refractivity contribution is 0.0687. The van der Waals surface area contributed by atoms with E-state index in [1.54, 1.807) is 0 Å². The number of hydrogen-bond donors (Lipinski definition) is 0. The third-order valence-corrected chi connectivity index (χ3v) is 10.9. The maximum atomic E-state index is 6.90. The molecule has 3 heteroatoms. The molecule has 0 saturated carbocycles. The van der Waals surface area contributed by atoms with Crippen molar-refractivity contribution in [1.29, 1.82) is 0 Å². The minimum atomic E-state index is -2.86. The molecule has 0 atom stereocenters. The number of rotatable bonds is 8. The summed E-state index contributed by atoms with van der Waals surface area (Å²) >= 11 is 0. The van der Waals surface area contributed by atoms with Crippen LogP contribution in [0.1, 0.15) is 66.5 Å². The Morgan fingerprint density at radius 2 is 0.889 bits per heavy atom. The first-order chi connectivity index (χ1) is 12.5. The van der Waals surface area contributed by atoms with E-state index in [0.29, 0.717) is 0 Å². The second-order valence-electron chi connectivity index (χ2n) is 8.93. The van der Waals surface area contributed by atoms with Gasteiger partial charge < -0.3 is 8.85 Å². The summed E-state index contributed by atoms with van der Waals surface area (Å²) in [7, 11) is -2.86. The zero-order chi connectivity index (χ0) is 20.3. The predicted molar refractivity (Wildman–Crippen MR) is 117 cm³/mol. The molecule has 0 fully saturated rings. The molecular weight excluding hydrogens is 348 g/mol. The highest BCUT2D eigenvalue weighted by molar-refractivity contribution is 6.73. The molecule has 0 aromatic heterocycles. The molecule has 27 heavy (non-hydrogen) atoms. The highest BCUT2D eigenvalue weighted by Crippen LogP contribution is 2.48. The van der Waals surface area contributed by atoms with Crippen LogP contribution in [0.4, 0.5) is 0 Å². The zero-order valence-electron chi connectivity index (χ0n) is 18.2. The molecule has 0 N–H and O–H groups in total. The van der Waals surface area contributed by atoms with Crippen LogP contribution < -0.4 is 0 Å². The molecule has 0 unspecified atom stereocenters. The van der Waals surface area contributed by atoms with Gasteiger partial charge in [-0.25, -0.2) is 0 Å². The molecular formula is C24H36O2Si. The zero-order valence-corrected chi connectivity index (χ0v) is 19.2. The molecule has 0 aliphatic carbocycles. The van der Waals surface area contributed by atoms with E-state index >= 15 is 0 Å². The van der Waals surface area contributed by atoms with Crippen LogP contribution in [0, 0.1) is 0 Å². The largest absolute Gasteiger partial charge is 0.391 e. The lowest BCUT2D eigenvalue weighted by atomic mass is 10.0. The van der Waals surface area contributed by atoms with Gasteiger partial charge in [-0.3, -0.25) is 0 Å². The summed E-state index contributed by atoms with van der Waals surface area (Å²) in [6.07, 6.45) is 0.169. The van der Waals surface area contributed by atoms with Crippen molar-refractivity contribution >= 4 is 8.56 Å². The monoisotopic (exact) mass is 384 g/mol. The number of hydrogen-bond acceptors (Lipinski definition) is 2. The Bertz CT molecular complexity index is 642. The smallest absolute Gasteiger partial charge is 0.359 e. The minimum Gasteiger partial charge on any atom is -0.391 e. The third kappa shape index (κ3) is 4.21. The summed E-state index contributed by atoms with van der Waals surface area (Å²) < 4.78 is 13.8. The van der Waals surface area contributed by atoms with Crippen molar-refractivity contribution in [2.75, 3.05) is 0 Å². The van der Waals surface area contributed by atoms with Crippen LogP contribution >= 0.6 is 0 Å². The van der Waals surface area contributed by atoms with E-state index in [1.165, 1.54) is 11.1 Å². The highest BCUT2D eigenvalue weighted by Gasteiger charge is 2.64. The second-order valence-corrected chi connectivity index (χ2v) is 13.1. The molecule has 0 aliphatic rings. The molecule has 148 valence electrons. The Hall–Kier alpha value is -1.42. The molecule has 0 bridgehead atoms. The summed E-state index contributed by atoms with van der Waals surface area (Å²) in [6, 6.07) is 21.4. The first kappa shape index (κ1) is 21.9. The van der Waals surface area contributed by atoms with Gasteiger partial charge in [-0.2, -0.15) is 0 Å². The van der Waals surface area contributed by atoms with Crippen LogP contribution in [0.25, 0.3) is 0 Å². The molecule has 0 spiro atoms. The van der Waals surface area contributed by atoms with Crippen LogP contribution in [0.5, 0.6) is 0 Å². The van der Waals surface area contributed by atoms with E-state index in [4.69, 9.17) is 8.85 Å². The van der Waals surface area contributed by atoms with E-state index < -0.39 is 8.56 Å². The fraction of sp³-hybridized carbons (Fsp3) is 0.500. The number of benzene rings is 2. The molecule has 0 amide bonds. The van der Waals surface area contributed by atoms with Gasteiger partial charge >= 0.3 is 8.56 Å². The summed E-state index contributed by atoms with van der Waals surface area (Å²) in [5.41, 5.74) is 2.53. The normalized spacial score (nSPS) is 13.4. The summed E-state index contributed by atoms with van der Waals surface area (Å²) in [6.45, 7) is 17.7. The van der Waals surface area contributed by atoms with Gasteiger partial charge in [-0.05, 0) is 38.8 Å². The van der Waals surface area contributed by atoms with Crippen molar-refractivity contribution < 1.29 is 8.85 Å². The van der Waals surface area contributed by atoms with Gasteiger partial charge in [0.1, 0.15) is 0 Å². The van der Waals surface area contributed by atoms with Crippen molar-refractivity contribution in [3.8, 4) is 0 Å². The highest BCUT2D eigenvalue weighted by atomic mass is 28.4. The van der Waals surface area contributed by atoms with Crippen molar-refractivity contribution in [3.63, 3.8) is 0 Å². The van der Waals surface area contributed by atoms with Gasteiger partial charge in [0.15, 0.2) is 0 Å². The standard InChI is InChI=1S/C24H36O2Si/c1-19(2)25-27(26-20(3)4,23(5,6)21-15-11-9-12-16-21)24(7,8)22-17-13-10-14-18-22/h9-20H,1-8H3.